The van der Waals surface area contributed by atoms with Crippen molar-refractivity contribution < 1.29 is 19.4 Å². The Bertz CT molecular complexity index is 459. The minimum Gasteiger partial charge on any atom is -0.494 e. The predicted molar refractivity (Wildman–Crippen MR) is 76.1 cm³/mol. The van der Waals surface area contributed by atoms with Crippen molar-refractivity contribution in [1.29, 1.82) is 0 Å². The summed E-state index contributed by atoms with van der Waals surface area (Å²) in [6, 6.07) is 6.65. The fourth-order valence-electron chi connectivity index (χ4n) is 1.59. The molecule has 1 aromatic rings. The van der Waals surface area contributed by atoms with Gasteiger partial charge in [0.1, 0.15) is 5.75 Å². The molecule has 6 nitrogen and oxygen atoms in total. The summed E-state index contributed by atoms with van der Waals surface area (Å²) in [7, 11) is 1.56. The lowest BCUT2D eigenvalue weighted by Gasteiger charge is -2.20. The molecule has 1 atom stereocenters. The van der Waals surface area contributed by atoms with Crippen molar-refractivity contribution in [3.05, 3.63) is 24.3 Å². The summed E-state index contributed by atoms with van der Waals surface area (Å²) in [5.74, 6) is -0.796. The quantitative estimate of drug-likeness (QED) is 0.837. The van der Waals surface area contributed by atoms with Crippen molar-refractivity contribution in [2.45, 2.75) is 13.8 Å². The smallest absolute Gasteiger partial charge is 0.321 e. The molecular formula is C14H20N2O4. The number of carbonyl (C=O) groups is 2. The van der Waals surface area contributed by atoms with Crippen LogP contribution in [0.25, 0.3) is 0 Å². The molecule has 0 heterocycles. The number of nitrogens with zero attached hydrogens (tertiary/aromatic N) is 1. The highest BCUT2D eigenvalue weighted by atomic mass is 16.5. The first-order chi connectivity index (χ1) is 9.43. The van der Waals surface area contributed by atoms with Gasteiger partial charge in [0, 0.05) is 19.3 Å². The first kappa shape index (κ1) is 15.8. The lowest BCUT2D eigenvalue weighted by molar-refractivity contribution is -0.141. The minimum absolute atomic E-state index is 0.151. The zero-order valence-electron chi connectivity index (χ0n) is 11.9. The van der Waals surface area contributed by atoms with Gasteiger partial charge in [-0.2, -0.15) is 0 Å². The standard InChI is InChI=1S/C14H20N2O4/c1-4-20-12-7-5-11(6-8-12)15-14(19)16(3)9-10(2)13(17)18/h5-8,10H,4,9H2,1-3H3,(H,15,19)(H,17,18). The number of rotatable bonds is 6. The van der Waals surface area contributed by atoms with E-state index in [9.17, 15) is 9.59 Å². The third-order valence-corrected chi connectivity index (χ3v) is 2.73. The van der Waals surface area contributed by atoms with Gasteiger partial charge in [-0.15, -0.1) is 0 Å². The van der Waals surface area contributed by atoms with Gasteiger partial charge in [-0.3, -0.25) is 4.79 Å². The van der Waals surface area contributed by atoms with E-state index < -0.39 is 11.9 Å². The van der Waals surface area contributed by atoms with Crippen LogP contribution in [0.4, 0.5) is 10.5 Å². The van der Waals surface area contributed by atoms with E-state index >= 15 is 0 Å². The molecule has 0 aliphatic carbocycles. The molecule has 0 radical (unpaired) electrons. The number of ether oxygens (including phenoxy) is 1. The van der Waals surface area contributed by atoms with Gasteiger partial charge >= 0.3 is 12.0 Å². The topological polar surface area (TPSA) is 78.9 Å². The molecule has 0 saturated carbocycles. The number of urea groups is 1. The number of carboxylic acids is 1. The highest BCUT2D eigenvalue weighted by Gasteiger charge is 2.17. The number of benzene rings is 1. The number of hydrogen-bond acceptors (Lipinski definition) is 3. The van der Waals surface area contributed by atoms with Crippen molar-refractivity contribution in [2.75, 3.05) is 25.5 Å². The Morgan fingerprint density at radius 1 is 1.35 bits per heavy atom. The second-order valence-corrected chi connectivity index (χ2v) is 4.51. The summed E-state index contributed by atoms with van der Waals surface area (Å²) < 4.78 is 5.30. The van der Waals surface area contributed by atoms with E-state index in [0.717, 1.165) is 5.75 Å². The Balaban J connectivity index is 2.54. The van der Waals surface area contributed by atoms with Crippen LogP contribution in [0.1, 0.15) is 13.8 Å². The number of carbonyl (C=O) groups excluding carboxylic acids is 1. The van der Waals surface area contributed by atoms with Crippen molar-refractivity contribution in [2.24, 2.45) is 5.92 Å². The molecule has 1 rings (SSSR count). The summed E-state index contributed by atoms with van der Waals surface area (Å²) in [6.07, 6.45) is 0. The molecule has 0 spiro atoms. The van der Waals surface area contributed by atoms with Crippen LogP contribution in [0.5, 0.6) is 5.75 Å². The van der Waals surface area contributed by atoms with E-state index in [2.05, 4.69) is 5.32 Å². The Morgan fingerprint density at radius 2 is 1.95 bits per heavy atom. The molecule has 2 amide bonds. The fourth-order valence-corrected chi connectivity index (χ4v) is 1.59. The van der Waals surface area contributed by atoms with Crippen LogP contribution in [0.2, 0.25) is 0 Å². The van der Waals surface area contributed by atoms with Crippen molar-refractivity contribution in [3.8, 4) is 5.75 Å². The first-order valence-electron chi connectivity index (χ1n) is 6.41. The van der Waals surface area contributed by atoms with Crippen LogP contribution >= 0.6 is 0 Å². The van der Waals surface area contributed by atoms with Gasteiger partial charge in [0.2, 0.25) is 0 Å². The molecule has 0 aliphatic rings. The zero-order chi connectivity index (χ0) is 15.1. The monoisotopic (exact) mass is 280 g/mol. The molecule has 0 saturated heterocycles. The van der Waals surface area contributed by atoms with Gasteiger partial charge in [-0.1, -0.05) is 6.92 Å². The molecule has 1 unspecified atom stereocenters. The second-order valence-electron chi connectivity index (χ2n) is 4.51. The van der Waals surface area contributed by atoms with E-state index in [4.69, 9.17) is 9.84 Å². The molecule has 0 bridgehead atoms. The van der Waals surface area contributed by atoms with Crippen molar-refractivity contribution in [1.82, 2.24) is 4.90 Å². The Labute approximate surface area is 118 Å². The van der Waals surface area contributed by atoms with Gasteiger partial charge in [0.15, 0.2) is 0 Å². The highest BCUT2D eigenvalue weighted by Crippen LogP contribution is 2.16. The molecule has 6 heteroatoms. The number of amides is 2. The highest BCUT2D eigenvalue weighted by molar-refractivity contribution is 5.89. The maximum absolute atomic E-state index is 11.9. The maximum atomic E-state index is 11.9. The summed E-state index contributed by atoms with van der Waals surface area (Å²) >= 11 is 0. The molecular weight excluding hydrogens is 260 g/mol. The van der Waals surface area contributed by atoms with Crippen LogP contribution in [-0.2, 0) is 4.79 Å². The number of hydrogen-bond donors (Lipinski definition) is 2. The van der Waals surface area contributed by atoms with E-state index in [-0.39, 0.29) is 12.6 Å². The molecule has 0 aromatic heterocycles. The van der Waals surface area contributed by atoms with Crippen molar-refractivity contribution in [3.63, 3.8) is 0 Å². The molecule has 20 heavy (non-hydrogen) atoms. The van der Waals surface area contributed by atoms with Crippen LogP contribution in [0.3, 0.4) is 0 Å². The van der Waals surface area contributed by atoms with E-state index in [1.807, 2.05) is 6.92 Å². The van der Waals surface area contributed by atoms with Gasteiger partial charge in [-0.05, 0) is 31.2 Å². The average molecular weight is 280 g/mol. The lowest BCUT2D eigenvalue weighted by Crippen LogP contribution is -2.36. The molecule has 2 N–H and O–H groups in total. The Kier molecular flexibility index (Phi) is 5.83. The summed E-state index contributed by atoms with van der Waals surface area (Å²) in [6.45, 7) is 4.19. The van der Waals surface area contributed by atoms with Crippen LogP contribution < -0.4 is 10.1 Å². The van der Waals surface area contributed by atoms with Crippen LogP contribution in [-0.4, -0.2) is 42.2 Å². The van der Waals surface area contributed by atoms with E-state index in [1.54, 1.807) is 38.2 Å². The summed E-state index contributed by atoms with van der Waals surface area (Å²) in [4.78, 5) is 24.0. The van der Waals surface area contributed by atoms with Gasteiger partial charge in [-0.25, -0.2) is 4.79 Å². The van der Waals surface area contributed by atoms with E-state index in [1.165, 1.54) is 4.90 Å². The molecule has 0 aliphatic heterocycles. The number of anilines is 1. The molecule has 0 fully saturated rings. The first-order valence-corrected chi connectivity index (χ1v) is 6.41. The lowest BCUT2D eigenvalue weighted by atomic mass is 10.2. The average Bonchev–Trinajstić information content (AvgIpc) is 2.41. The third kappa shape index (κ3) is 4.79. The van der Waals surface area contributed by atoms with Gasteiger partial charge < -0.3 is 20.1 Å². The maximum Gasteiger partial charge on any atom is 0.321 e. The minimum atomic E-state index is -0.925. The summed E-state index contributed by atoms with van der Waals surface area (Å²) in [5.41, 5.74) is 0.633. The SMILES string of the molecule is CCOc1ccc(NC(=O)N(C)CC(C)C(=O)O)cc1. The molecule has 1 aromatic carbocycles. The fraction of sp³-hybridized carbons (Fsp3) is 0.429. The largest absolute Gasteiger partial charge is 0.494 e. The Morgan fingerprint density at radius 3 is 2.45 bits per heavy atom. The van der Waals surface area contributed by atoms with Gasteiger partial charge in [0.05, 0.1) is 12.5 Å². The zero-order valence-corrected chi connectivity index (χ0v) is 11.9. The second kappa shape index (κ2) is 7.37. The van der Waals surface area contributed by atoms with Crippen molar-refractivity contribution >= 4 is 17.7 Å². The van der Waals surface area contributed by atoms with Crippen LogP contribution in [0.15, 0.2) is 24.3 Å². The number of carboxylic acid groups (broad SMARTS) is 1. The predicted octanol–water partition coefficient (Wildman–Crippen LogP) is 2.27. The van der Waals surface area contributed by atoms with Crippen LogP contribution in [0, 0.1) is 5.92 Å². The normalized spacial score (nSPS) is 11.6. The molecule has 110 valence electrons. The van der Waals surface area contributed by atoms with E-state index in [0.29, 0.717) is 12.3 Å². The third-order valence-electron chi connectivity index (χ3n) is 2.73. The number of nitrogens with one attached hydrogen (secondary N) is 1. The summed E-state index contributed by atoms with van der Waals surface area (Å²) in [5, 5.41) is 11.5. The number of aliphatic carboxylic acids is 1. The Hall–Kier alpha value is -2.24. The van der Waals surface area contributed by atoms with Gasteiger partial charge in [0.25, 0.3) is 0 Å².